The zero-order valence-corrected chi connectivity index (χ0v) is 10.9. The van der Waals surface area contributed by atoms with E-state index in [1.165, 1.54) is 0 Å². The van der Waals surface area contributed by atoms with Gasteiger partial charge in [0.05, 0.1) is 0 Å². The number of benzene rings is 2. The van der Waals surface area contributed by atoms with E-state index in [1.54, 1.807) is 12.1 Å². The van der Waals surface area contributed by atoms with Crippen LogP contribution in [0.1, 0.15) is 21.7 Å². The van der Waals surface area contributed by atoms with Crippen molar-refractivity contribution < 1.29 is 9.32 Å². The van der Waals surface area contributed by atoms with E-state index in [4.69, 9.17) is 4.52 Å². The fourth-order valence-corrected chi connectivity index (χ4v) is 1.85. The first kappa shape index (κ1) is 12.3. The molecule has 0 fully saturated rings. The Morgan fingerprint density at radius 1 is 1.00 bits per heavy atom. The lowest BCUT2D eigenvalue weighted by molar-refractivity contribution is 0.102. The molecular formula is C16H12N2O2. The second-order valence-electron chi connectivity index (χ2n) is 4.48. The molecular weight excluding hydrogens is 252 g/mol. The van der Waals surface area contributed by atoms with E-state index in [-0.39, 0.29) is 11.6 Å². The summed E-state index contributed by atoms with van der Waals surface area (Å²) < 4.78 is 5.14. The van der Waals surface area contributed by atoms with Crippen LogP contribution >= 0.6 is 0 Å². The molecule has 4 nitrogen and oxygen atoms in total. The zero-order chi connectivity index (χ0) is 13.9. The molecule has 0 saturated carbocycles. The molecule has 3 rings (SSSR count). The van der Waals surface area contributed by atoms with Gasteiger partial charge in [-0.3, -0.25) is 4.79 Å². The Bertz CT molecular complexity index is 731. The van der Waals surface area contributed by atoms with Gasteiger partial charge in [0.15, 0.2) is 0 Å². The van der Waals surface area contributed by atoms with Gasteiger partial charge in [0.25, 0.3) is 5.89 Å². The Kier molecular flexibility index (Phi) is 3.13. The lowest BCUT2D eigenvalue weighted by Gasteiger charge is -1.96. The SMILES string of the molecule is Cc1ccc(C(=O)c2noc(-c3ccccc3)n2)cc1. The number of aryl methyl sites for hydroxylation is 1. The maximum Gasteiger partial charge on any atom is 0.258 e. The summed E-state index contributed by atoms with van der Waals surface area (Å²) in [6, 6.07) is 16.6. The van der Waals surface area contributed by atoms with Crippen molar-refractivity contribution in [2.75, 3.05) is 0 Å². The van der Waals surface area contributed by atoms with E-state index in [1.807, 2.05) is 49.4 Å². The Hall–Kier alpha value is -2.75. The average molecular weight is 264 g/mol. The lowest BCUT2D eigenvalue weighted by atomic mass is 10.1. The van der Waals surface area contributed by atoms with E-state index in [0.29, 0.717) is 11.5 Å². The van der Waals surface area contributed by atoms with Gasteiger partial charge in [-0.15, -0.1) is 0 Å². The number of carbonyl (C=O) groups excluding carboxylic acids is 1. The largest absolute Gasteiger partial charge is 0.333 e. The van der Waals surface area contributed by atoms with Crippen LogP contribution in [0.4, 0.5) is 0 Å². The van der Waals surface area contributed by atoms with Gasteiger partial charge in [0, 0.05) is 11.1 Å². The van der Waals surface area contributed by atoms with Crippen molar-refractivity contribution in [3.8, 4) is 11.5 Å². The van der Waals surface area contributed by atoms with Crippen LogP contribution in [0.25, 0.3) is 11.5 Å². The Labute approximate surface area is 116 Å². The lowest BCUT2D eigenvalue weighted by Crippen LogP contribution is -2.03. The van der Waals surface area contributed by atoms with Crippen LogP contribution in [-0.4, -0.2) is 15.9 Å². The number of aromatic nitrogens is 2. The molecule has 1 aromatic heterocycles. The van der Waals surface area contributed by atoms with Crippen LogP contribution in [0.15, 0.2) is 59.1 Å². The molecule has 0 saturated heterocycles. The first-order valence-corrected chi connectivity index (χ1v) is 6.24. The molecule has 0 aliphatic heterocycles. The fourth-order valence-electron chi connectivity index (χ4n) is 1.85. The molecule has 0 unspecified atom stereocenters. The van der Waals surface area contributed by atoms with E-state index in [9.17, 15) is 4.79 Å². The maximum atomic E-state index is 12.2. The summed E-state index contributed by atoms with van der Waals surface area (Å²) in [5.74, 6) is 0.185. The van der Waals surface area contributed by atoms with Gasteiger partial charge < -0.3 is 4.52 Å². The van der Waals surface area contributed by atoms with Gasteiger partial charge in [0.2, 0.25) is 11.6 Å². The molecule has 0 radical (unpaired) electrons. The van der Waals surface area contributed by atoms with Crippen molar-refractivity contribution in [3.05, 3.63) is 71.5 Å². The van der Waals surface area contributed by atoms with Crippen molar-refractivity contribution in [1.82, 2.24) is 10.1 Å². The molecule has 0 N–H and O–H groups in total. The number of carbonyl (C=O) groups is 1. The zero-order valence-electron chi connectivity index (χ0n) is 10.9. The molecule has 98 valence electrons. The molecule has 0 aliphatic carbocycles. The van der Waals surface area contributed by atoms with Gasteiger partial charge in [-0.1, -0.05) is 53.2 Å². The third-order valence-electron chi connectivity index (χ3n) is 2.96. The molecule has 4 heteroatoms. The first-order chi connectivity index (χ1) is 9.74. The van der Waals surface area contributed by atoms with Gasteiger partial charge in [-0.25, -0.2) is 0 Å². The van der Waals surface area contributed by atoms with Crippen LogP contribution in [0, 0.1) is 6.92 Å². The highest BCUT2D eigenvalue weighted by molar-refractivity contribution is 6.06. The maximum absolute atomic E-state index is 12.2. The van der Waals surface area contributed by atoms with Crippen LogP contribution in [0.5, 0.6) is 0 Å². The van der Waals surface area contributed by atoms with Gasteiger partial charge >= 0.3 is 0 Å². The highest BCUT2D eigenvalue weighted by Gasteiger charge is 2.17. The van der Waals surface area contributed by atoms with Crippen molar-refractivity contribution in [1.29, 1.82) is 0 Å². The van der Waals surface area contributed by atoms with E-state index in [2.05, 4.69) is 10.1 Å². The topological polar surface area (TPSA) is 56.0 Å². The molecule has 0 bridgehead atoms. The van der Waals surface area contributed by atoms with Crippen LogP contribution < -0.4 is 0 Å². The molecule has 0 amide bonds. The summed E-state index contributed by atoms with van der Waals surface area (Å²) in [6.07, 6.45) is 0. The van der Waals surface area contributed by atoms with Crippen molar-refractivity contribution in [3.63, 3.8) is 0 Å². The standard InChI is InChI=1S/C16H12N2O2/c1-11-7-9-12(10-8-11)14(19)15-17-16(20-18-15)13-5-3-2-4-6-13/h2-10H,1H3. The molecule has 0 atom stereocenters. The summed E-state index contributed by atoms with van der Waals surface area (Å²) in [5.41, 5.74) is 2.44. The minimum absolute atomic E-state index is 0.0766. The van der Waals surface area contributed by atoms with Crippen molar-refractivity contribution >= 4 is 5.78 Å². The second-order valence-corrected chi connectivity index (χ2v) is 4.48. The van der Waals surface area contributed by atoms with Gasteiger partial charge in [-0.2, -0.15) is 4.98 Å². The number of nitrogens with zero attached hydrogens (tertiary/aromatic N) is 2. The van der Waals surface area contributed by atoms with E-state index < -0.39 is 0 Å². The molecule has 1 heterocycles. The smallest absolute Gasteiger partial charge is 0.258 e. The quantitative estimate of drug-likeness (QED) is 0.681. The predicted molar refractivity (Wildman–Crippen MR) is 74.3 cm³/mol. The monoisotopic (exact) mass is 264 g/mol. The number of ketones is 1. The Morgan fingerprint density at radius 2 is 1.70 bits per heavy atom. The number of hydrogen-bond donors (Lipinski definition) is 0. The van der Waals surface area contributed by atoms with Crippen LogP contribution in [-0.2, 0) is 0 Å². The van der Waals surface area contributed by atoms with Gasteiger partial charge in [0.1, 0.15) is 0 Å². The summed E-state index contributed by atoms with van der Waals surface area (Å²) in [4.78, 5) is 16.4. The third-order valence-corrected chi connectivity index (χ3v) is 2.96. The summed E-state index contributed by atoms with van der Waals surface area (Å²) in [5, 5.41) is 3.76. The summed E-state index contributed by atoms with van der Waals surface area (Å²) >= 11 is 0. The Morgan fingerprint density at radius 3 is 2.40 bits per heavy atom. The highest BCUT2D eigenvalue weighted by Crippen LogP contribution is 2.17. The number of rotatable bonds is 3. The van der Waals surface area contributed by atoms with Crippen molar-refractivity contribution in [2.24, 2.45) is 0 Å². The Balaban J connectivity index is 1.90. The first-order valence-electron chi connectivity index (χ1n) is 6.24. The minimum Gasteiger partial charge on any atom is -0.333 e. The van der Waals surface area contributed by atoms with Gasteiger partial charge in [-0.05, 0) is 19.1 Å². The molecule has 0 spiro atoms. The van der Waals surface area contributed by atoms with E-state index in [0.717, 1.165) is 11.1 Å². The summed E-state index contributed by atoms with van der Waals surface area (Å²) in [6.45, 7) is 1.97. The summed E-state index contributed by atoms with van der Waals surface area (Å²) in [7, 11) is 0. The second kappa shape index (κ2) is 5.09. The van der Waals surface area contributed by atoms with E-state index >= 15 is 0 Å². The molecule has 20 heavy (non-hydrogen) atoms. The molecule has 2 aromatic carbocycles. The normalized spacial score (nSPS) is 10.4. The number of hydrogen-bond acceptors (Lipinski definition) is 4. The van der Waals surface area contributed by atoms with Crippen LogP contribution in [0.2, 0.25) is 0 Å². The fraction of sp³-hybridized carbons (Fsp3) is 0.0625. The molecule has 3 aromatic rings. The molecule has 0 aliphatic rings. The predicted octanol–water partition coefficient (Wildman–Crippen LogP) is 3.28. The third kappa shape index (κ3) is 2.36. The average Bonchev–Trinajstić information content (AvgIpc) is 2.98. The van der Waals surface area contributed by atoms with Crippen LogP contribution in [0.3, 0.4) is 0 Å². The van der Waals surface area contributed by atoms with Crippen molar-refractivity contribution in [2.45, 2.75) is 6.92 Å². The highest BCUT2D eigenvalue weighted by atomic mass is 16.5. The minimum atomic E-state index is -0.240.